The molecule has 2 N–H and O–H groups in total. The van der Waals surface area contributed by atoms with Crippen molar-refractivity contribution in [2.24, 2.45) is 0 Å². The van der Waals surface area contributed by atoms with Gasteiger partial charge in [0.25, 0.3) is 5.91 Å². The van der Waals surface area contributed by atoms with Crippen LogP contribution in [0.15, 0.2) is 77.6 Å². The SMILES string of the molecule is COc1ccc(Cn2nc(NC(=O)c3ccoc3)cc2-c2nc3ccccc3[nH]2)cc1. The molecule has 0 saturated heterocycles. The van der Waals surface area contributed by atoms with E-state index in [2.05, 4.69) is 15.4 Å². The van der Waals surface area contributed by atoms with Gasteiger partial charge in [0.05, 0.1) is 36.5 Å². The molecule has 0 fully saturated rings. The van der Waals surface area contributed by atoms with Crippen LogP contribution in [-0.2, 0) is 6.54 Å². The molecule has 2 aromatic carbocycles. The van der Waals surface area contributed by atoms with Gasteiger partial charge in [-0.25, -0.2) is 4.98 Å². The number of H-pyrrole nitrogens is 1. The van der Waals surface area contributed by atoms with Crippen LogP contribution in [0.3, 0.4) is 0 Å². The van der Waals surface area contributed by atoms with Crippen LogP contribution in [0.1, 0.15) is 15.9 Å². The molecule has 3 heterocycles. The summed E-state index contributed by atoms with van der Waals surface area (Å²) in [7, 11) is 1.64. The molecule has 0 aliphatic heterocycles. The molecule has 3 aromatic heterocycles. The number of hydrogen-bond donors (Lipinski definition) is 2. The van der Waals surface area contributed by atoms with Gasteiger partial charge in [-0.15, -0.1) is 0 Å². The van der Waals surface area contributed by atoms with Crippen molar-refractivity contribution in [1.29, 1.82) is 0 Å². The van der Waals surface area contributed by atoms with Gasteiger partial charge in [0, 0.05) is 6.07 Å². The van der Waals surface area contributed by atoms with Crippen molar-refractivity contribution in [3.05, 3.63) is 84.3 Å². The summed E-state index contributed by atoms with van der Waals surface area (Å²) < 4.78 is 12.0. The minimum atomic E-state index is -0.293. The van der Waals surface area contributed by atoms with Crippen LogP contribution in [0.25, 0.3) is 22.6 Å². The van der Waals surface area contributed by atoms with Crippen LogP contribution in [0.4, 0.5) is 5.82 Å². The van der Waals surface area contributed by atoms with E-state index >= 15 is 0 Å². The van der Waals surface area contributed by atoms with Crippen molar-refractivity contribution in [2.75, 3.05) is 12.4 Å². The summed E-state index contributed by atoms with van der Waals surface area (Å²) in [5, 5.41) is 7.43. The summed E-state index contributed by atoms with van der Waals surface area (Å²) in [6, 6.07) is 19.0. The minimum Gasteiger partial charge on any atom is -0.497 e. The molecule has 1 amide bonds. The molecule has 5 rings (SSSR count). The standard InChI is InChI=1S/C23H19N5O3/c1-30-17-8-6-15(7-9-17)13-28-20(22-24-18-4-2-3-5-19(18)25-22)12-21(27-28)26-23(29)16-10-11-31-14-16/h2-12,14H,13H2,1H3,(H,24,25)(H,26,27,29). The molecule has 0 spiro atoms. The summed E-state index contributed by atoms with van der Waals surface area (Å²) in [6.07, 6.45) is 2.85. The van der Waals surface area contributed by atoms with Crippen molar-refractivity contribution >= 4 is 22.8 Å². The molecule has 5 aromatic rings. The fourth-order valence-electron chi connectivity index (χ4n) is 3.35. The molecule has 0 unspecified atom stereocenters. The van der Waals surface area contributed by atoms with E-state index in [1.807, 2.05) is 53.2 Å². The first-order valence-electron chi connectivity index (χ1n) is 9.69. The van der Waals surface area contributed by atoms with Crippen LogP contribution in [-0.4, -0.2) is 32.8 Å². The number of ether oxygens (including phenoxy) is 1. The van der Waals surface area contributed by atoms with E-state index in [-0.39, 0.29) is 5.91 Å². The van der Waals surface area contributed by atoms with Crippen molar-refractivity contribution in [2.45, 2.75) is 6.54 Å². The van der Waals surface area contributed by atoms with E-state index < -0.39 is 0 Å². The number of amides is 1. The zero-order chi connectivity index (χ0) is 21.2. The maximum atomic E-state index is 12.4. The Balaban J connectivity index is 1.51. The lowest BCUT2D eigenvalue weighted by atomic mass is 10.2. The molecule has 0 atom stereocenters. The van der Waals surface area contributed by atoms with E-state index in [1.165, 1.54) is 12.5 Å². The third-order valence-corrected chi connectivity index (χ3v) is 4.93. The van der Waals surface area contributed by atoms with Crippen LogP contribution in [0, 0.1) is 0 Å². The second-order valence-electron chi connectivity index (χ2n) is 6.99. The van der Waals surface area contributed by atoms with Gasteiger partial charge in [-0.3, -0.25) is 9.48 Å². The number of carbonyl (C=O) groups excluding carboxylic acids is 1. The average molecular weight is 413 g/mol. The number of aromatic nitrogens is 4. The predicted octanol–water partition coefficient (Wildman–Crippen LogP) is 4.33. The van der Waals surface area contributed by atoms with Gasteiger partial charge in [0.2, 0.25) is 0 Å². The molecule has 8 heteroatoms. The number of benzene rings is 2. The van der Waals surface area contributed by atoms with Crippen molar-refractivity contribution in [1.82, 2.24) is 19.7 Å². The lowest BCUT2D eigenvalue weighted by molar-refractivity contribution is 0.102. The van der Waals surface area contributed by atoms with Gasteiger partial charge in [-0.2, -0.15) is 5.10 Å². The highest BCUT2D eigenvalue weighted by Crippen LogP contribution is 2.25. The molecular weight excluding hydrogens is 394 g/mol. The highest BCUT2D eigenvalue weighted by atomic mass is 16.5. The van der Waals surface area contributed by atoms with Crippen LogP contribution in [0.5, 0.6) is 5.75 Å². The molecule has 0 radical (unpaired) electrons. The van der Waals surface area contributed by atoms with E-state index in [1.54, 1.807) is 19.2 Å². The van der Waals surface area contributed by atoms with Gasteiger partial charge in [-0.05, 0) is 35.9 Å². The highest BCUT2D eigenvalue weighted by molar-refractivity contribution is 6.03. The summed E-state index contributed by atoms with van der Waals surface area (Å²) in [4.78, 5) is 20.5. The quantitative estimate of drug-likeness (QED) is 0.432. The lowest BCUT2D eigenvalue weighted by Gasteiger charge is -2.07. The van der Waals surface area contributed by atoms with Gasteiger partial charge in [-0.1, -0.05) is 24.3 Å². The molecule has 31 heavy (non-hydrogen) atoms. The van der Waals surface area contributed by atoms with Crippen molar-refractivity contribution < 1.29 is 13.9 Å². The highest BCUT2D eigenvalue weighted by Gasteiger charge is 2.17. The second-order valence-corrected chi connectivity index (χ2v) is 6.99. The number of anilines is 1. The van der Waals surface area contributed by atoms with E-state index in [0.29, 0.717) is 23.8 Å². The summed E-state index contributed by atoms with van der Waals surface area (Å²) >= 11 is 0. The molecule has 0 aliphatic carbocycles. The topological polar surface area (TPSA) is 98.0 Å². The number of nitrogens with zero attached hydrogens (tertiary/aromatic N) is 3. The maximum absolute atomic E-state index is 12.4. The summed E-state index contributed by atoms with van der Waals surface area (Å²) in [5.41, 5.74) is 4.01. The lowest BCUT2D eigenvalue weighted by Crippen LogP contribution is -2.12. The normalized spacial score (nSPS) is 11.0. The number of imidazole rings is 1. The number of para-hydroxylation sites is 2. The Morgan fingerprint density at radius 1 is 1.16 bits per heavy atom. The maximum Gasteiger partial charge on any atom is 0.260 e. The molecular formula is C23H19N5O3. The smallest absolute Gasteiger partial charge is 0.260 e. The zero-order valence-corrected chi connectivity index (χ0v) is 16.7. The van der Waals surface area contributed by atoms with Crippen LogP contribution < -0.4 is 10.1 Å². The molecule has 0 aliphatic rings. The Morgan fingerprint density at radius 2 is 2.00 bits per heavy atom. The fraction of sp³-hybridized carbons (Fsp3) is 0.0870. The zero-order valence-electron chi connectivity index (χ0n) is 16.7. The van der Waals surface area contributed by atoms with Gasteiger partial charge >= 0.3 is 0 Å². The first kappa shape index (κ1) is 18.7. The Bertz CT molecular complexity index is 1300. The largest absolute Gasteiger partial charge is 0.497 e. The first-order chi connectivity index (χ1) is 15.2. The minimum absolute atomic E-state index is 0.293. The third kappa shape index (κ3) is 3.78. The Morgan fingerprint density at radius 3 is 2.74 bits per heavy atom. The van der Waals surface area contributed by atoms with E-state index in [0.717, 1.165) is 28.0 Å². The Kier molecular flexibility index (Phi) is 4.72. The molecule has 0 saturated carbocycles. The molecule has 8 nitrogen and oxygen atoms in total. The number of hydrogen-bond acceptors (Lipinski definition) is 5. The van der Waals surface area contributed by atoms with Crippen LogP contribution >= 0.6 is 0 Å². The average Bonchev–Trinajstić information content (AvgIpc) is 3.54. The fourth-order valence-corrected chi connectivity index (χ4v) is 3.35. The number of methoxy groups -OCH3 is 1. The van der Waals surface area contributed by atoms with Gasteiger partial charge in [0.1, 0.15) is 17.7 Å². The monoisotopic (exact) mass is 413 g/mol. The summed E-state index contributed by atoms with van der Waals surface area (Å²) in [6.45, 7) is 0.498. The Hall–Kier alpha value is -4.33. The molecule has 0 bridgehead atoms. The third-order valence-electron chi connectivity index (χ3n) is 4.93. The van der Waals surface area contributed by atoms with Gasteiger partial charge in [0.15, 0.2) is 11.6 Å². The second kappa shape index (κ2) is 7.83. The number of aromatic amines is 1. The van der Waals surface area contributed by atoms with Crippen LogP contribution in [0.2, 0.25) is 0 Å². The predicted molar refractivity (Wildman–Crippen MR) is 116 cm³/mol. The van der Waals surface area contributed by atoms with E-state index in [4.69, 9.17) is 14.1 Å². The van der Waals surface area contributed by atoms with Crippen molar-refractivity contribution in [3.63, 3.8) is 0 Å². The van der Waals surface area contributed by atoms with E-state index in [9.17, 15) is 4.79 Å². The number of furan rings is 1. The first-order valence-corrected chi connectivity index (χ1v) is 9.69. The number of rotatable bonds is 6. The van der Waals surface area contributed by atoms with Crippen molar-refractivity contribution in [3.8, 4) is 17.3 Å². The van der Waals surface area contributed by atoms with Gasteiger partial charge < -0.3 is 19.5 Å². The number of carbonyl (C=O) groups is 1. The number of nitrogens with one attached hydrogen (secondary N) is 2. The molecule has 154 valence electrons. The Labute approximate surface area is 177 Å². The summed E-state index contributed by atoms with van der Waals surface area (Å²) in [5.74, 6) is 1.59. The number of fused-ring (bicyclic) bond motifs is 1.